The van der Waals surface area contributed by atoms with Gasteiger partial charge in [0, 0.05) is 6.20 Å². The second-order valence-electron chi connectivity index (χ2n) is 13.7. The van der Waals surface area contributed by atoms with Gasteiger partial charge in [0.2, 0.25) is 4.34 Å². The smallest absolute Gasteiger partial charge is 0.259 e. The first-order chi connectivity index (χ1) is 18.1. The molecule has 0 bridgehead atoms. The first-order valence-corrected chi connectivity index (χ1v) is 19.2. The quantitative estimate of drug-likeness (QED) is 0.303. The van der Waals surface area contributed by atoms with Gasteiger partial charge >= 0.3 is 0 Å². The summed E-state index contributed by atoms with van der Waals surface area (Å²) in [6.07, 6.45) is 1.49. The molecule has 11 heteroatoms. The van der Waals surface area contributed by atoms with Crippen LogP contribution < -0.4 is 4.39 Å². The van der Waals surface area contributed by atoms with Gasteiger partial charge in [-0.2, -0.15) is 0 Å². The Bertz CT molecular complexity index is 1340. The molecule has 0 radical (unpaired) electrons. The van der Waals surface area contributed by atoms with Gasteiger partial charge in [-0.15, -0.1) is 15.7 Å². The normalized spacial score (nSPS) is 17.6. The van der Waals surface area contributed by atoms with E-state index in [1.54, 1.807) is 13.8 Å². The van der Waals surface area contributed by atoms with Crippen LogP contribution in [0, 0.1) is 0 Å². The van der Waals surface area contributed by atoms with Gasteiger partial charge in [-0.05, 0) is 53.0 Å². The molecule has 1 fully saturated rings. The first kappa shape index (κ1) is 33.0. The maximum atomic E-state index is 14.6. The van der Waals surface area contributed by atoms with E-state index in [0.717, 1.165) is 33.6 Å². The third kappa shape index (κ3) is 6.94. The van der Waals surface area contributed by atoms with Crippen molar-refractivity contribution in [3.05, 3.63) is 45.5 Å². The topological polar surface area (TPSA) is 121 Å². The SMILES string of the molecule is CC(C)c1cc(C2(O)COC2)cc(C(C)C)c1CC(=O)N=S(=O)(N[Si](C)(C)C(C)(C)C)c1ncc(C(C)(C)O)s1. The van der Waals surface area contributed by atoms with Gasteiger partial charge in [0.15, 0.2) is 9.92 Å². The number of carbonyl (C=O) groups excluding carboxylic acids is 1. The van der Waals surface area contributed by atoms with Crippen molar-refractivity contribution in [2.75, 3.05) is 13.2 Å². The molecule has 1 aliphatic heterocycles. The third-order valence-electron chi connectivity index (χ3n) is 7.93. The Kier molecular flexibility index (Phi) is 9.34. The van der Waals surface area contributed by atoms with Gasteiger partial charge in [-0.25, -0.2) is 13.6 Å². The maximum Gasteiger partial charge on any atom is 0.259 e. The number of benzene rings is 1. The summed E-state index contributed by atoms with van der Waals surface area (Å²) in [6, 6.07) is 3.95. The Morgan fingerprint density at radius 1 is 1.15 bits per heavy atom. The van der Waals surface area contributed by atoms with E-state index in [2.05, 4.69) is 75.3 Å². The molecule has 3 rings (SSSR count). The van der Waals surface area contributed by atoms with Crippen molar-refractivity contribution in [2.45, 2.75) is 114 Å². The van der Waals surface area contributed by atoms with Crippen LogP contribution in [-0.4, -0.2) is 46.8 Å². The highest BCUT2D eigenvalue weighted by atomic mass is 32.2. The lowest BCUT2D eigenvalue weighted by Crippen LogP contribution is -2.54. The number of amides is 1. The minimum atomic E-state index is -3.43. The molecule has 1 aromatic carbocycles. The number of hydrogen-bond acceptors (Lipinski definition) is 7. The number of thiazole rings is 1. The van der Waals surface area contributed by atoms with Crippen LogP contribution in [0.15, 0.2) is 27.0 Å². The second kappa shape index (κ2) is 11.3. The lowest BCUT2D eigenvalue weighted by atomic mass is 9.80. The van der Waals surface area contributed by atoms with Crippen LogP contribution in [0.3, 0.4) is 0 Å². The molecular weight excluding hydrogens is 563 g/mol. The Balaban J connectivity index is 2.15. The van der Waals surface area contributed by atoms with E-state index < -0.39 is 35.3 Å². The lowest BCUT2D eigenvalue weighted by Gasteiger charge is -2.38. The average Bonchev–Trinajstić information content (AvgIpc) is 3.28. The minimum Gasteiger partial charge on any atom is -0.385 e. The molecule has 1 unspecified atom stereocenters. The number of nitrogens with one attached hydrogen (secondary N) is 1. The highest BCUT2D eigenvalue weighted by Crippen LogP contribution is 2.38. The zero-order valence-corrected chi connectivity index (χ0v) is 28.5. The van der Waals surface area contributed by atoms with Gasteiger partial charge in [-0.1, -0.05) is 73.7 Å². The molecule has 2 heterocycles. The fourth-order valence-corrected chi connectivity index (χ4v) is 11.3. The summed E-state index contributed by atoms with van der Waals surface area (Å²) in [7, 11) is -5.84. The number of nitrogens with zero attached hydrogens (tertiary/aromatic N) is 2. The largest absolute Gasteiger partial charge is 0.385 e. The van der Waals surface area contributed by atoms with Gasteiger partial charge < -0.3 is 14.9 Å². The number of carbonyl (C=O) groups is 1. The number of ether oxygens (including phenoxy) is 1. The highest BCUT2D eigenvalue weighted by molar-refractivity contribution is 7.95. The van der Waals surface area contributed by atoms with Crippen LogP contribution in [0.25, 0.3) is 0 Å². The molecule has 0 aliphatic carbocycles. The van der Waals surface area contributed by atoms with Crippen LogP contribution >= 0.6 is 11.3 Å². The number of aromatic nitrogens is 1. The highest BCUT2D eigenvalue weighted by Gasteiger charge is 2.41. The van der Waals surface area contributed by atoms with Crippen LogP contribution in [0.2, 0.25) is 18.1 Å². The van der Waals surface area contributed by atoms with Crippen LogP contribution in [0.1, 0.15) is 101 Å². The maximum absolute atomic E-state index is 14.6. The summed E-state index contributed by atoms with van der Waals surface area (Å²) >= 11 is 1.11. The van der Waals surface area contributed by atoms with Crippen molar-refractivity contribution >= 4 is 35.4 Å². The lowest BCUT2D eigenvalue weighted by molar-refractivity contribution is -0.184. The van der Waals surface area contributed by atoms with Crippen LogP contribution in [0.5, 0.6) is 0 Å². The third-order valence-corrected chi connectivity index (χ3v) is 17.9. The van der Waals surface area contributed by atoms with Crippen molar-refractivity contribution < 1.29 is 24.0 Å². The summed E-state index contributed by atoms with van der Waals surface area (Å²) in [5, 5.41) is 21.3. The molecule has 1 aliphatic rings. The fourth-order valence-electron chi connectivity index (χ4n) is 4.28. The number of rotatable bonds is 9. The number of aliphatic hydroxyl groups is 2. The van der Waals surface area contributed by atoms with E-state index >= 15 is 0 Å². The fraction of sp³-hybridized carbons (Fsp3) is 0.655. The van der Waals surface area contributed by atoms with Crippen molar-refractivity contribution in [1.82, 2.24) is 9.37 Å². The van der Waals surface area contributed by atoms with Crippen LogP contribution in [0.4, 0.5) is 0 Å². The molecule has 40 heavy (non-hydrogen) atoms. The van der Waals surface area contributed by atoms with Crippen molar-refractivity contribution in [2.24, 2.45) is 4.36 Å². The summed E-state index contributed by atoms with van der Waals surface area (Å²) in [5.41, 5.74) is 1.40. The molecule has 3 N–H and O–H groups in total. The molecule has 1 aromatic heterocycles. The molecule has 0 spiro atoms. The predicted molar refractivity (Wildman–Crippen MR) is 165 cm³/mol. The zero-order valence-electron chi connectivity index (χ0n) is 25.8. The van der Waals surface area contributed by atoms with Crippen molar-refractivity contribution in [3.8, 4) is 0 Å². The second-order valence-corrected chi connectivity index (χ2v) is 22.2. The summed E-state index contributed by atoms with van der Waals surface area (Å²) in [6.45, 7) is 22.4. The summed E-state index contributed by atoms with van der Waals surface area (Å²) < 4.78 is 27.8. The Morgan fingerprint density at radius 2 is 1.68 bits per heavy atom. The van der Waals surface area contributed by atoms with E-state index in [1.165, 1.54) is 6.20 Å². The zero-order chi connectivity index (χ0) is 30.5. The standard InChI is InChI=1S/C29H47N3O5S2Si/c1-18(2)21-12-20(29(35)16-37-17-29)13-22(19(3)4)23(21)14-25(33)31-39(36,32-40(10,11)27(5,6)7)26-30-15-24(38-26)28(8,9)34/h12-13,15,18-19,34-35H,14,16-17H2,1-11H3,(H,31,32,33,36). The molecule has 1 atom stereocenters. The molecule has 0 saturated carbocycles. The van der Waals surface area contributed by atoms with E-state index in [0.29, 0.717) is 4.88 Å². The summed E-state index contributed by atoms with van der Waals surface area (Å²) in [5.74, 6) is -0.320. The predicted octanol–water partition coefficient (Wildman–Crippen LogP) is 5.94. The van der Waals surface area contributed by atoms with Gasteiger partial charge in [-0.3, -0.25) is 4.79 Å². The van der Waals surface area contributed by atoms with E-state index in [9.17, 15) is 19.2 Å². The minimum absolute atomic E-state index is 0.0177. The molecular formula is C29H47N3O5S2Si. The van der Waals surface area contributed by atoms with E-state index in [4.69, 9.17) is 4.74 Å². The van der Waals surface area contributed by atoms with E-state index in [1.807, 2.05) is 12.1 Å². The monoisotopic (exact) mass is 609 g/mol. The molecule has 8 nitrogen and oxygen atoms in total. The summed E-state index contributed by atoms with van der Waals surface area (Å²) in [4.78, 5) is 18.7. The Labute approximate surface area is 245 Å². The van der Waals surface area contributed by atoms with Gasteiger partial charge in [0.05, 0.1) is 30.1 Å². The first-order valence-electron chi connectivity index (χ1n) is 13.8. The molecule has 1 saturated heterocycles. The average molecular weight is 610 g/mol. The van der Waals surface area contributed by atoms with Crippen molar-refractivity contribution in [3.63, 3.8) is 0 Å². The number of hydrogen-bond donors (Lipinski definition) is 3. The molecule has 224 valence electrons. The molecule has 1 amide bonds. The molecule has 2 aromatic rings. The van der Waals surface area contributed by atoms with Gasteiger partial charge in [0.1, 0.15) is 13.8 Å². The van der Waals surface area contributed by atoms with Crippen molar-refractivity contribution in [1.29, 1.82) is 0 Å². The van der Waals surface area contributed by atoms with Gasteiger partial charge in [0.25, 0.3) is 5.91 Å². The Hall–Kier alpha value is -1.47. The Morgan fingerprint density at radius 3 is 2.05 bits per heavy atom. The van der Waals surface area contributed by atoms with Crippen LogP contribution in [-0.2, 0) is 37.1 Å². The van der Waals surface area contributed by atoms with E-state index in [-0.39, 0.29) is 40.8 Å².